The summed E-state index contributed by atoms with van der Waals surface area (Å²) in [7, 11) is 0. The summed E-state index contributed by atoms with van der Waals surface area (Å²) < 4.78 is 0.983. The summed E-state index contributed by atoms with van der Waals surface area (Å²) in [6.07, 6.45) is 1.25. The first-order chi connectivity index (χ1) is 12.5. The van der Waals surface area contributed by atoms with Gasteiger partial charge in [-0.15, -0.1) is 0 Å². The first kappa shape index (κ1) is 17.0. The molecule has 1 saturated heterocycles. The molecule has 7 heteroatoms. The fourth-order valence-corrected chi connectivity index (χ4v) is 4.19. The molecule has 132 valence electrons. The van der Waals surface area contributed by atoms with E-state index < -0.39 is 17.5 Å². The Labute approximate surface area is 164 Å². The van der Waals surface area contributed by atoms with Gasteiger partial charge < -0.3 is 10.6 Å². The van der Waals surface area contributed by atoms with Gasteiger partial charge in [0.25, 0.3) is 5.91 Å². The highest BCUT2D eigenvalue weighted by Crippen LogP contribution is 2.41. The lowest BCUT2D eigenvalue weighted by atomic mass is 9.92. The average molecular weight is 461 g/mol. The van der Waals surface area contributed by atoms with Crippen molar-refractivity contribution in [2.75, 3.05) is 11.9 Å². The Morgan fingerprint density at radius 2 is 2.00 bits per heavy atom. The van der Waals surface area contributed by atoms with Crippen LogP contribution in [0.1, 0.15) is 17.5 Å². The van der Waals surface area contributed by atoms with Crippen molar-refractivity contribution < 1.29 is 14.4 Å². The minimum absolute atomic E-state index is 0.305. The van der Waals surface area contributed by atoms with E-state index in [1.54, 1.807) is 6.07 Å². The molecule has 2 aliphatic rings. The number of fused-ring (bicyclic) bond motifs is 2. The highest BCUT2D eigenvalue weighted by atomic mass is 127. The van der Waals surface area contributed by atoms with Crippen molar-refractivity contribution in [3.63, 3.8) is 0 Å². The number of carbonyl (C=O) groups excluding carboxylic acids is 3. The van der Waals surface area contributed by atoms with Crippen LogP contribution in [0.2, 0.25) is 0 Å². The summed E-state index contributed by atoms with van der Waals surface area (Å²) >= 11 is 2.15. The van der Waals surface area contributed by atoms with Gasteiger partial charge in [0, 0.05) is 9.26 Å². The number of urea groups is 1. The van der Waals surface area contributed by atoms with Gasteiger partial charge in [-0.05, 0) is 64.8 Å². The van der Waals surface area contributed by atoms with E-state index in [0.29, 0.717) is 12.1 Å². The van der Waals surface area contributed by atoms with Gasteiger partial charge in [0.05, 0.1) is 0 Å². The van der Waals surface area contributed by atoms with Crippen LogP contribution in [0.5, 0.6) is 0 Å². The zero-order valence-corrected chi connectivity index (χ0v) is 15.9. The van der Waals surface area contributed by atoms with Gasteiger partial charge in [-0.3, -0.25) is 14.5 Å². The zero-order chi connectivity index (χ0) is 18.3. The van der Waals surface area contributed by atoms with E-state index in [0.717, 1.165) is 26.0 Å². The number of anilines is 1. The number of imide groups is 1. The van der Waals surface area contributed by atoms with Crippen LogP contribution in [0.15, 0.2) is 48.5 Å². The third-order valence-corrected chi connectivity index (χ3v) is 5.50. The summed E-state index contributed by atoms with van der Waals surface area (Å²) in [5.41, 5.74) is 1.50. The highest BCUT2D eigenvalue weighted by Gasteiger charge is 2.55. The zero-order valence-electron chi connectivity index (χ0n) is 13.8. The molecule has 0 aromatic heterocycles. The first-order valence-electron chi connectivity index (χ1n) is 8.27. The van der Waals surface area contributed by atoms with Crippen LogP contribution >= 0.6 is 22.6 Å². The SMILES string of the molecule is O=C(CN1C(=O)NC2(CCc3ccccc32)C1=O)Nc1cccc(I)c1. The second-order valence-electron chi connectivity index (χ2n) is 6.44. The van der Waals surface area contributed by atoms with Gasteiger partial charge in [0.15, 0.2) is 0 Å². The summed E-state index contributed by atoms with van der Waals surface area (Å²) in [5, 5.41) is 5.55. The van der Waals surface area contributed by atoms with Crippen molar-refractivity contribution in [1.82, 2.24) is 10.2 Å². The second-order valence-corrected chi connectivity index (χ2v) is 7.69. The van der Waals surface area contributed by atoms with Crippen molar-refractivity contribution >= 4 is 46.1 Å². The number of nitrogens with one attached hydrogen (secondary N) is 2. The highest BCUT2D eigenvalue weighted by molar-refractivity contribution is 14.1. The maximum Gasteiger partial charge on any atom is 0.325 e. The molecule has 4 rings (SSSR count). The molecule has 2 aromatic rings. The molecule has 0 bridgehead atoms. The monoisotopic (exact) mass is 461 g/mol. The number of benzene rings is 2. The molecule has 0 saturated carbocycles. The van der Waals surface area contributed by atoms with Gasteiger partial charge in [-0.25, -0.2) is 4.79 Å². The molecule has 1 unspecified atom stereocenters. The lowest BCUT2D eigenvalue weighted by Crippen LogP contribution is -2.43. The van der Waals surface area contributed by atoms with Crippen molar-refractivity contribution in [2.45, 2.75) is 18.4 Å². The second kappa shape index (κ2) is 6.39. The number of hydrogen-bond acceptors (Lipinski definition) is 3. The molecular formula is C19H16IN3O3. The molecule has 1 heterocycles. The van der Waals surface area contributed by atoms with Crippen molar-refractivity contribution in [3.8, 4) is 0 Å². The Morgan fingerprint density at radius 3 is 2.81 bits per heavy atom. The molecule has 1 aliphatic carbocycles. The van der Waals surface area contributed by atoms with Gasteiger partial charge in [0.2, 0.25) is 5.91 Å². The molecule has 1 atom stereocenters. The van der Waals surface area contributed by atoms with Gasteiger partial charge in [-0.1, -0.05) is 30.3 Å². The standard InChI is InChI=1S/C19H16IN3O3/c20-13-5-3-6-14(10-13)21-16(24)11-23-17(25)19(22-18(23)26)9-8-12-4-1-2-7-15(12)19/h1-7,10H,8-9,11H2,(H,21,24)(H,22,26). The number of hydrogen-bond donors (Lipinski definition) is 2. The topological polar surface area (TPSA) is 78.5 Å². The minimum Gasteiger partial charge on any atom is -0.324 e. The molecule has 1 fully saturated rings. The normalized spacial score (nSPS) is 21.0. The maximum atomic E-state index is 13.0. The van der Waals surface area contributed by atoms with E-state index in [4.69, 9.17) is 0 Å². The average Bonchev–Trinajstić information content (AvgIpc) is 3.09. The van der Waals surface area contributed by atoms with Gasteiger partial charge in [0.1, 0.15) is 12.1 Å². The first-order valence-corrected chi connectivity index (χ1v) is 9.35. The maximum absolute atomic E-state index is 13.0. The Balaban J connectivity index is 1.53. The predicted octanol–water partition coefficient (Wildman–Crippen LogP) is 2.62. The number of halogens is 1. The van der Waals surface area contributed by atoms with Crippen molar-refractivity contribution in [1.29, 1.82) is 0 Å². The Kier molecular flexibility index (Phi) is 4.18. The lowest BCUT2D eigenvalue weighted by Gasteiger charge is -2.22. The van der Waals surface area contributed by atoms with Gasteiger partial charge in [-0.2, -0.15) is 0 Å². The molecule has 2 N–H and O–H groups in total. The summed E-state index contributed by atoms with van der Waals surface area (Å²) in [6, 6.07) is 14.4. The molecule has 26 heavy (non-hydrogen) atoms. The van der Waals surface area contributed by atoms with E-state index in [2.05, 4.69) is 33.2 Å². The van der Waals surface area contributed by atoms with Crippen LogP contribution in [-0.4, -0.2) is 29.3 Å². The Morgan fingerprint density at radius 1 is 1.19 bits per heavy atom. The van der Waals surface area contributed by atoms with E-state index in [1.807, 2.05) is 42.5 Å². The smallest absolute Gasteiger partial charge is 0.324 e. The van der Waals surface area contributed by atoms with Crippen LogP contribution < -0.4 is 10.6 Å². The van der Waals surface area contributed by atoms with Crippen LogP contribution in [0.4, 0.5) is 10.5 Å². The Bertz CT molecular complexity index is 930. The van der Waals surface area contributed by atoms with Crippen LogP contribution in [0, 0.1) is 3.57 Å². The van der Waals surface area contributed by atoms with Crippen LogP contribution in [-0.2, 0) is 21.5 Å². The molecule has 6 nitrogen and oxygen atoms in total. The number of carbonyl (C=O) groups is 3. The number of rotatable bonds is 3. The van der Waals surface area contributed by atoms with E-state index in [9.17, 15) is 14.4 Å². The van der Waals surface area contributed by atoms with Gasteiger partial charge >= 0.3 is 6.03 Å². The summed E-state index contributed by atoms with van der Waals surface area (Å²) in [6.45, 7) is -0.305. The summed E-state index contributed by atoms with van der Waals surface area (Å²) in [5.74, 6) is -0.760. The number of aryl methyl sites for hydroxylation is 1. The predicted molar refractivity (Wildman–Crippen MR) is 104 cm³/mol. The van der Waals surface area contributed by atoms with E-state index in [-0.39, 0.29) is 12.5 Å². The lowest BCUT2D eigenvalue weighted by molar-refractivity contribution is -0.134. The minimum atomic E-state index is -1.03. The number of amides is 4. The number of nitrogens with zero attached hydrogens (tertiary/aromatic N) is 1. The summed E-state index contributed by atoms with van der Waals surface area (Å²) in [4.78, 5) is 38.8. The molecule has 0 radical (unpaired) electrons. The third-order valence-electron chi connectivity index (χ3n) is 4.83. The molecule has 1 spiro atoms. The molecule has 2 aromatic carbocycles. The molecule has 4 amide bonds. The fraction of sp³-hybridized carbons (Fsp3) is 0.211. The van der Waals surface area contributed by atoms with Crippen LogP contribution in [0.25, 0.3) is 0 Å². The van der Waals surface area contributed by atoms with E-state index in [1.165, 1.54) is 0 Å². The molecule has 1 aliphatic heterocycles. The van der Waals surface area contributed by atoms with Crippen molar-refractivity contribution in [2.24, 2.45) is 0 Å². The molecular weight excluding hydrogens is 445 g/mol. The largest absolute Gasteiger partial charge is 0.325 e. The fourth-order valence-electron chi connectivity index (χ4n) is 3.64. The quantitative estimate of drug-likeness (QED) is 0.545. The van der Waals surface area contributed by atoms with Crippen LogP contribution in [0.3, 0.4) is 0 Å². The Hall–Kier alpha value is -2.42. The van der Waals surface area contributed by atoms with E-state index >= 15 is 0 Å². The van der Waals surface area contributed by atoms with Crippen molar-refractivity contribution in [3.05, 3.63) is 63.2 Å². The third kappa shape index (κ3) is 2.76.